The molecule has 1 N–H and O–H groups in total. The number of anilines is 1. The van der Waals surface area contributed by atoms with Crippen LogP contribution in [0.2, 0.25) is 0 Å². The van der Waals surface area contributed by atoms with E-state index >= 15 is 0 Å². The van der Waals surface area contributed by atoms with E-state index in [1.807, 2.05) is 19.0 Å². The molecular formula is C16H15F3N4O2S2. The standard InChI is InChI=1S/C16H15F3N4O2S2/c1-23(2)15-22-14-11(27-15)6-10(26-14)13(24)21-7-9-3-4-20-12(5-9)25-8-16(17,18)19/h3-6H,7-8H2,1-2H3,(H,21,24). The van der Waals surface area contributed by atoms with E-state index in [1.54, 1.807) is 12.1 Å². The number of carbonyl (C=O) groups excluding carboxylic acids is 1. The van der Waals surface area contributed by atoms with Gasteiger partial charge >= 0.3 is 6.18 Å². The number of nitrogens with one attached hydrogen (secondary N) is 1. The Morgan fingerprint density at radius 2 is 2.07 bits per heavy atom. The maximum absolute atomic E-state index is 12.3. The number of ether oxygens (including phenoxy) is 1. The highest BCUT2D eigenvalue weighted by Gasteiger charge is 2.28. The van der Waals surface area contributed by atoms with Gasteiger partial charge in [-0.1, -0.05) is 11.3 Å². The van der Waals surface area contributed by atoms with Gasteiger partial charge in [0.15, 0.2) is 11.7 Å². The van der Waals surface area contributed by atoms with E-state index in [0.29, 0.717) is 10.4 Å². The van der Waals surface area contributed by atoms with Gasteiger partial charge in [-0.2, -0.15) is 13.2 Å². The summed E-state index contributed by atoms with van der Waals surface area (Å²) in [5.74, 6) is -0.415. The first kappa shape index (κ1) is 19.4. The topological polar surface area (TPSA) is 67.4 Å². The van der Waals surface area contributed by atoms with E-state index in [-0.39, 0.29) is 18.3 Å². The quantitative estimate of drug-likeness (QED) is 0.664. The van der Waals surface area contributed by atoms with Crippen molar-refractivity contribution in [1.82, 2.24) is 15.3 Å². The molecule has 0 saturated heterocycles. The molecule has 3 heterocycles. The molecular weight excluding hydrogens is 401 g/mol. The number of halogens is 3. The second-order valence-corrected chi connectivity index (χ2v) is 7.80. The first-order valence-electron chi connectivity index (χ1n) is 7.71. The van der Waals surface area contributed by atoms with Crippen molar-refractivity contribution < 1.29 is 22.7 Å². The van der Waals surface area contributed by atoms with Crippen molar-refractivity contribution in [3.63, 3.8) is 0 Å². The summed E-state index contributed by atoms with van der Waals surface area (Å²) >= 11 is 2.79. The minimum Gasteiger partial charge on any atom is -0.468 e. The van der Waals surface area contributed by atoms with E-state index in [0.717, 1.165) is 14.7 Å². The van der Waals surface area contributed by atoms with Gasteiger partial charge in [0.25, 0.3) is 5.91 Å². The predicted molar refractivity (Wildman–Crippen MR) is 98.8 cm³/mol. The third-order valence-corrected chi connectivity index (χ3v) is 5.65. The molecule has 6 nitrogen and oxygen atoms in total. The van der Waals surface area contributed by atoms with Crippen molar-refractivity contribution in [3.8, 4) is 5.88 Å². The summed E-state index contributed by atoms with van der Waals surface area (Å²) in [6.07, 6.45) is -3.10. The lowest BCUT2D eigenvalue weighted by atomic mass is 10.2. The molecule has 0 fully saturated rings. The SMILES string of the molecule is CN(C)c1nc2sc(C(=O)NCc3ccnc(OCC(F)(F)F)c3)cc2s1. The minimum absolute atomic E-state index is 0.142. The average Bonchev–Trinajstić information content (AvgIpc) is 3.17. The molecule has 0 atom stereocenters. The fraction of sp³-hybridized carbons (Fsp3) is 0.312. The Morgan fingerprint density at radius 3 is 2.74 bits per heavy atom. The molecule has 27 heavy (non-hydrogen) atoms. The second-order valence-electron chi connectivity index (χ2n) is 5.76. The van der Waals surface area contributed by atoms with Crippen molar-refractivity contribution >= 4 is 43.2 Å². The maximum Gasteiger partial charge on any atom is 0.422 e. The molecule has 3 aromatic rings. The number of rotatable bonds is 6. The van der Waals surface area contributed by atoms with Crippen LogP contribution in [-0.4, -0.2) is 42.8 Å². The van der Waals surface area contributed by atoms with Crippen LogP contribution in [0.4, 0.5) is 18.3 Å². The summed E-state index contributed by atoms with van der Waals surface area (Å²) < 4.78 is 42.1. The molecule has 144 valence electrons. The van der Waals surface area contributed by atoms with Gasteiger partial charge < -0.3 is 15.0 Å². The number of alkyl halides is 3. The third kappa shape index (κ3) is 5.07. The molecule has 0 aromatic carbocycles. The molecule has 0 unspecified atom stereocenters. The van der Waals surface area contributed by atoms with Gasteiger partial charge in [0.05, 0.1) is 9.58 Å². The van der Waals surface area contributed by atoms with Crippen molar-refractivity contribution in [2.24, 2.45) is 0 Å². The van der Waals surface area contributed by atoms with E-state index in [4.69, 9.17) is 0 Å². The molecule has 0 radical (unpaired) electrons. The van der Waals surface area contributed by atoms with Gasteiger partial charge in [-0.15, -0.1) is 11.3 Å². The number of fused-ring (bicyclic) bond motifs is 1. The maximum atomic E-state index is 12.3. The zero-order chi connectivity index (χ0) is 19.6. The Labute approximate surface area is 160 Å². The van der Waals surface area contributed by atoms with Crippen LogP contribution in [0.5, 0.6) is 5.88 Å². The molecule has 1 amide bonds. The van der Waals surface area contributed by atoms with E-state index in [1.165, 1.54) is 34.9 Å². The summed E-state index contributed by atoms with van der Waals surface area (Å²) in [5, 5.41) is 3.60. The number of nitrogens with zero attached hydrogens (tertiary/aromatic N) is 3. The van der Waals surface area contributed by atoms with Gasteiger partial charge in [-0.3, -0.25) is 4.79 Å². The van der Waals surface area contributed by atoms with Crippen LogP contribution < -0.4 is 15.0 Å². The number of thiophene rings is 1. The van der Waals surface area contributed by atoms with Crippen LogP contribution in [0, 0.1) is 0 Å². The zero-order valence-electron chi connectivity index (χ0n) is 14.3. The molecule has 0 bridgehead atoms. The molecule has 0 aliphatic rings. The fourth-order valence-corrected chi connectivity index (χ4v) is 4.14. The summed E-state index contributed by atoms with van der Waals surface area (Å²) in [7, 11) is 3.80. The monoisotopic (exact) mass is 416 g/mol. The molecule has 0 aliphatic heterocycles. The third-order valence-electron chi connectivity index (χ3n) is 3.32. The van der Waals surface area contributed by atoms with Crippen molar-refractivity contribution in [1.29, 1.82) is 0 Å². The normalized spacial score (nSPS) is 11.6. The molecule has 11 heteroatoms. The highest BCUT2D eigenvalue weighted by molar-refractivity contribution is 7.29. The van der Waals surface area contributed by atoms with Crippen LogP contribution >= 0.6 is 22.7 Å². The highest BCUT2D eigenvalue weighted by atomic mass is 32.1. The summed E-state index contributed by atoms with van der Waals surface area (Å²) in [6, 6.07) is 4.74. The number of aromatic nitrogens is 2. The Balaban J connectivity index is 1.61. The van der Waals surface area contributed by atoms with Gasteiger partial charge in [0, 0.05) is 32.9 Å². The van der Waals surface area contributed by atoms with Gasteiger partial charge in [-0.25, -0.2) is 9.97 Å². The smallest absolute Gasteiger partial charge is 0.422 e. The Bertz CT molecular complexity index is 921. The summed E-state index contributed by atoms with van der Waals surface area (Å²) in [6.45, 7) is -1.27. The number of thiazole rings is 1. The van der Waals surface area contributed by atoms with E-state index in [9.17, 15) is 18.0 Å². The highest BCUT2D eigenvalue weighted by Crippen LogP contribution is 2.33. The lowest BCUT2D eigenvalue weighted by molar-refractivity contribution is -0.154. The van der Waals surface area contributed by atoms with Crippen molar-refractivity contribution in [2.45, 2.75) is 12.7 Å². The van der Waals surface area contributed by atoms with Gasteiger partial charge in [0.2, 0.25) is 5.88 Å². The molecule has 0 saturated carbocycles. The second kappa shape index (κ2) is 7.69. The lowest BCUT2D eigenvalue weighted by Gasteiger charge is -2.09. The zero-order valence-corrected chi connectivity index (χ0v) is 16.0. The van der Waals surface area contributed by atoms with Crippen molar-refractivity contribution in [2.75, 3.05) is 25.6 Å². The Morgan fingerprint density at radius 1 is 1.30 bits per heavy atom. The van der Waals surface area contributed by atoms with Crippen LogP contribution in [0.3, 0.4) is 0 Å². The Kier molecular flexibility index (Phi) is 5.51. The fourth-order valence-electron chi connectivity index (χ4n) is 2.09. The number of amides is 1. The van der Waals surface area contributed by atoms with Crippen LogP contribution in [0.1, 0.15) is 15.2 Å². The van der Waals surface area contributed by atoms with Gasteiger partial charge in [-0.05, 0) is 17.7 Å². The first-order chi connectivity index (χ1) is 12.7. The van der Waals surface area contributed by atoms with Crippen LogP contribution in [0.25, 0.3) is 9.53 Å². The van der Waals surface area contributed by atoms with E-state index < -0.39 is 12.8 Å². The first-order valence-corrected chi connectivity index (χ1v) is 9.35. The molecule has 3 aromatic heterocycles. The predicted octanol–water partition coefficient (Wildman–Crippen LogP) is 3.69. The molecule has 3 rings (SSSR count). The van der Waals surface area contributed by atoms with Crippen LogP contribution in [0.15, 0.2) is 24.4 Å². The van der Waals surface area contributed by atoms with Crippen molar-refractivity contribution in [3.05, 3.63) is 34.8 Å². The molecule has 0 spiro atoms. The number of carbonyl (C=O) groups is 1. The average molecular weight is 416 g/mol. The molecule has 0 aliphatic carbocycles. The number of hydrogen-bond acceptors (Lipinski definition) is 7. The number of pyridine rings is 1. The lowest BCUT2D eigenvalue weighted by Crippen LogP contribution is -2.22. The van der Waals surface area contributed by atoms with Gasteiger partial charge in [0.1, 0.15) is 4.83 Å². The largest absolute Gasteiger partial charge is 0.468 e. The Hall–Kier alpha value is -2.40. The van der Waals surface area contributed by atoms with E-state index in [2.05, 4.69) is 20.0 Å². The van der Waals surface area contributed by atoms with Crippen LogP contribution in [-0.2, 0) is 6.54 Å². The summed E-state index contributed by atoms with van der Waals surface area (Å²) in [5.41, 5.74) is 0.585. The minimum atomic E-state index is -4.43. The number of hydrogen-bond donors (Lipinski definition) is 1. The summed E-state index contributed by atoms with van der Waals surface area (Å²) in [4.78, 5) is 23.7.